The maximum atomic E-state index is 10.2. The number of nitrogens with zero attached hydrogens (tertiary/aromatic N) is 1. The van der Waals surface area contributed by atoms with Gasteiger partial charge in [0.15, 0.2) is 0 Å². The third kappa shape index (κ3) is 1.86. The van der Waals surface area contributed by atoms with Crippen molar-refractivity contribution in [1.29, 1.82) is 0 Å². The van der Waals surface area contributed by atoms with Crippen molar-refractivity contribution >= 4 is 0 Å². The molecule has 0 amide bonds. The summed E-state index contributed by atoms with van der Waals surface area (Å²) < 4.78 is 20.4. The van der Waals surface area contributed by atoms with Crippen LogP contribution < -0.4 is 4.74 Å². The van der Waals surface area contributed by atoms with Gasteiger partial charge in [0.1, 0.15) is 24.2 Å². The first-order chi connectivity index (χ1) is 15.1. The Kier molecular flexibility index (Phi) is 3.63. The van der Waals surface area contributed by atoms with Gasteiger partial charge in [-0.2, -0.15) is 0 Å². The average molecular weight is 440 g/mol. The van der Waals surface area contributed by atoms with E-state index in [1.807, 2.05) is 0 Å². The summed E-state index contributed by atoms with van der Waals surface area (Å²) in [6, 6.07) is 4.89. The summed E-state index contributed by atoms with van der Waals surface area (Å²) in [5.41, 5.74) is 3.37. The van der Waals surface area contributed by atoms with Crippen molar-refractivity contribution < 1.29 is 19.3 Å². The number of likely N-dealkylation sites (tertiary alicyclic amines) is 1. The van der Waals surface area contributed by atoms with Crippen LogP contribution in [-0.4, -0.2) is 53.7 Å². The Morgan fingerprint density at radius 1 is 1.16 bits per heavy atom. The second-order valence-electron chi connectivity index (χ2n) is 12.8. The van der Waals surface area contributed by atoms with Crippen LogP contribution in [0, 0.1) is 16.7 Å². The quantitative estimate of drug-likeness (QED) is 0.722. The number of benzene rings is 1. The van der Waals surface area contributed by atoms with Crippen LogP contribution in [0.1, 0.15) is 70.1 Å². The summed E-state index contributed by atoms with van der Waals surface area (Å²) in [7, 11) is 2.33. The molecule has 32 heavy (non-hydrogen) atoms. The number of aliphatic hydroxyl groups is 1. The second kappa shape index (κ2) is 5.73. The summed E-state index contributed by atoms with van der Waals surface area (Å²) in [6.07, 6.45) is 5.58. The van der Waals surface area contributed by atoms with Crippen LogP contribution in [0.3, 0.4) is 0 Å². The predicted molar refractivity (Wildman–Crippen MR) is 121 cm³/mol. The van der Waals surface area contributed by atoms with Gasteiger partial charge in [0.2, 0.25) is 0 Å². The molecule has 1 N–H and O–H groups in total. The zero-order chi connectivity index (χ0) is 22.3. The van der Waals surface area contributed by atoms with Crippen LogP contribution in [0.4, 0.5) is 0 Å². The van der Waals surface area contributed by atoms with Crippen molar-refractivity contribution in [1.82, 2.24) is 4.90 Å². The lowest BCUT2D eigenvalue weighted by molar-refractivity contribution is -0.389. The van der Waals surface area contributed by atoms with Crippen LogP contribution >= 0.6 is 0 Å². The number of hydrogen-bond donors (Lipinski definition) is 1. The van der Waals surface area contributed by atoms with E-state index in [1.165, 1.54) is 17.5 Å². The molecule has 1 aromatic carbocycles. The third-order valence-electron chi connectivity index (χ3n) is 11.4. The number of rotatable bonds is 1. The highest BCUT2D eigenvalue weighted by molar-refractivity contribution is 5.61. The lowest BCUT2D eigenvalue weighted by Gasteiger charge is -2.76. The summed E-state index contributed by atoms with van der Waals surface area (Å²) in [5.74, 6) is 1.27. The van der Waals surface area contributed by atoms with Gasteiger partial charge in [-0.25, -0.2) is 0 Å². The molecule has 7 aliphatic rings. The zero-order valence-electron chi connectivity index (χ0n) is 20.2. The second-order valence-corrected chi connectivity index (χ2v) is 12.8. The molecular weight excluding hydrogens is 402 g/mol. The van der Waals surface area contributed by atoms with Gasteiger partial charge in [-0.1, -0.05) is 32.9 Å². The van der Waals surface area contributed by atoms with E-state index in [0.29, 0.717) is 12.8 Å². The number of ether oxygens (including phenoxy) is 3. The molecule has 5 nitrogen and oxygen atoms in total. The maximum absolute atomic E-state index is 10.2. The first kappa shape index (κ1) is 20.3. The van der Waals surface area contributed by atoms with Crippen LogP contribution in [0.5, 0.6) is 5.75 Å². The number of aliphatic hydroxyl groups excluding tert-OH is 1. The fourth-order valence-electron chi connectivity index (χ4n) is 9.52. The maximum Gasteiger partial charge on any atom is 0.148 e. The van der Waals surface area contributed by atoms with E-state index < -0.39 is 0 Å². The Balaban J connectivity index is 1.52. The average Bonchev–Trinajstić information content (AvgIpc) is 3.12. The summed E-state index contributed by atoms with van der Waals surface area (Å²) >= 11 is 0. The lowest BCUT2D eigenvalue weighted by Crippen LogP contribution is -2.84. The Morgan fingerprint density at radius 3 is 2.72 bits per heavy atom. The van der Waals surface area contributed by atoms with E-state index in [1.54, 1.807) is 0 Å². The molecule has 5 fully saturated rings. The molecule has 0 radical (unpaired) electrons. The molecule has 3 saturated carbocycles. The fourth-order valence-corrected chi connectivity index (χ4v) is 9.52. The number of piperidine rings is 1. The van der Waals surface area contributed by atoms with E-state index in [9.17, 15) is 5.11 Å². The minimum Gasteiger partial charge on any atom is -0.486 e. The van der Waals surface area contributed by atoms with Gasteiger partial charge in [-0.3, -0.25) is 0 Å². The largest absolute Gasteiger partial charge is 0.486 e. The highest BCUT2D eigenvalue weighted by atomic mass is 16.7. The molecule has 5 heteroatoms. The molecule has 3 spiro atoms. The molecule has 8 rings (SSSR count). The van der Waals surface area contributed by atoms with Gasteiger partial charge in [0.25, 0.3) is 0 Å². The van der Waals surface area contributed by atoms with E-state index in [2.05, 4.69) is 51.8 Å². The van der Waals surface area contributed by atoms with Crippen molar-refractivity contribution in [3.8, 4) is 5.75 Å². The highest BCUT2D eigenvalue weighted by Crippen LogP contribution is 2.78. The minimum absolute atomic E-state index is 0.00170. The molecule has 7 atom stereocenters. The number of fused-ring (bicyclic) bond motifs is 1. The Bertz CT molecular complexity index is 1020. The van der Waals surface area contributed by atoms with E-state index in [-0.39, 0.29) is 46.1 Å². The molecule has 4 aliphatic carbocycles. The normalized spacial score (nSPS) is 48.2. The van der Waals surface area contributed by atoms with E-state index in [4.69, 9.17) is 14.2 Å². The van der Waals surface area contributed by atoms with E-state index in [0.717, 1.165) is 43.5 Å². The fraction of sp³-hybridized carbons (Fsp3) is 0.778. The van der Waals surface area contributed by atoms with Crippen molar-refractivity contribution in [2.24, 2.45) is 16.7 Å². The predicted octanol–water partition coefficient (Wildman–Crippen LogP) is 3.79. The molecule has 0 aromatic heterocycles. The Labute approximate surface area is 191 Å². The van der Waals surface area contributed by atoms with Crippen LogP contribution in [0.2, 0.25) is 0 Å². The standard InChI is InChI=1S/C27H37NO4/c1-23(2,3)24(4)18-13-25-8-9-27(18,31-15-30-24)22-26(25)10-11-28(5)19(25)12-16-6-7-17(14-29)21(32-22)20(16)26/h6-7,18-19,22,29H,8-15H2,1-5H3/t18-,19-,22-,24+,25-,26+,27-/m1/s1. The van der Waals surface area contributed by atoms with Gasteiger partial charge in [-0.15, -0.1) is 0 Å². The van der Waals surface area contributed by atoms with Crippen molar-refractivity contribution in [3.63, 3.8) is 0 Å². The number of likely N-dealkylation sites (N-methyl/N-ethyl adjacent to an activating group) is 1. The first-order valence-corrected chi connectivity index (χ1v) is 12.6. The zero-order valence-corrected chi connectivity index (χ0v) is 20.2. The molecule has 3 aliphatic heterocycles. The molecule has 4 bridgehead atoms. The van der Waals surface area contributed by atoms with Crippen LogP contribution in [0.15, 0.2) is 12.1 Å². The minimum atomic E-state index is -0.331. The topological polar surface area (TPSA) is 51.2 Å². The van der Waals surface area contributed by atoms with E-state index >= 15 is 0 Å². The van der Waals surface area contributed by atoms with Crippen LogP contribution in [-0.2, 0) is 27.9 Å². The Hall–Kier alpha value is -1.14. The van der Waals surface area contributed by atoms with Gasteiger partial charge in [0.05, 0.1) is 12.2 Å². The summed E-state index contributed by atoms with van der Waals surface area (Å²) in [5, 5.41) is 10.2. The van der Waals surface area contributed by atoms with Crippen molar-refractivity contribution in [3.05, 3.63) is 28.8 Å². The smallest absolute Gasteiger partial charge is 0.148 e. The molecule has 3 heterocycles. The first-order valence-electron chi connectivity index (χ1n) is 12.6. The van der Waals surface area contributed by atoms with Crippen molar-refractivity contribution in [2.45, 2.75) is 95.2 Å². The SMILES string of the molecule is CN1CC[C@]23c4c5ccc(CO)c4O[C@H]2[C@@]24CC[C@@]3(C[C@@H]2[C@@](C)(C(C)(C)C)OCO4)[C@H]1C5. The van der Waals surface area contributed by atoms with Gasteiger partial charge in [-0.05, 0) is 63.6 Å². The Morgan fingerprint density at radius 2 is 1.97 bits per heavy atom. The highest BCUT2D eigenvalue weighted by Gasteiger charge is 2.83. The lowest BCUT2D eigenvalue weighted by atomic mass is 9.33. The van der Waals surface area contributed by atoms with Gasteiger partial charge >= 0.3 is 0 Å². The van der Waals surface area contributed by atoms with Gasteiger partial charge < -0.3 is 24.2 Å². The summed E-state index contributed by atoms with van der Waals surface area (Å²) in [6.45, 7) is 10.8. The van der Waals surface area contributed by atoms with Gasteiger partial charge in [0, 0.05) is 33.9 Å². The monoisotopic (exact) mass is 439 g/mol. The molecular formula is C27H37NO4. The molecule has 1 aromatic rings. The number of hydrogen-bond acceptors (Lipinski definition) is 5. The van der Waals surface area contributed by atoms with Crippen LogP contribution in [0.25, 0.3) is 0 Å². The summed E-state index contributed by atoms with van der Waals surface area (Å²) in [4.78, 5) is 2.64. The molecule has 2 saturated heterocycles. The molecule has 174 valence electrons. The third-order valence-corrected chi connectivity index (χ3v) is 11.4. The van der Waals surface area contributed by atoms with Crippen molar-refractivity contribution in [2.75, 3.05) is 20.4 Å². The molecule has 0 unspecified atom stereocenters.